The molecule has 0 aliphatic carbocycles. The van der Waals surface area contributed by atoms with E-state index < -0.39 is 10.0 Å². The minimum absolute atomic E-state index is 0.0239. The third-order valence-electron chi connectivity index (χ3n) is 3.55. The van der Waals surface area contributed by atoms with Crippen molar-refractivity contribution in [2.45, 2.75) is 11.8 Å². The van der Waals surface area contributed by atoms with Gasteiger partial charge in [0, 0.05) is 32.8 Å². The molecule has 0 radical (unpaired) electrons. The van der Waals surface area contributed by atoms with Crippen molar-refractivity contribution in [2.75, 3.05) is 39.4 Å². The molecule has 0 saturated carbocycles. The van der Waals surface area contributed by atoms with E-state index >= 15 is 0 Å². The van der Waals surface area contributed by atoms with Crippen molar-refractivity contribution >= 4 is 39.1 Å². The molecule has 9 heteroatoms. The molecule has 1 amide bonds. The van der Waals surface area contributed by atoms with Gasteiger partial charge in [0.15, 0.2) is 0 Å². The summed E-state index contributed by atoms with van der Waals surface area (Å²) < 4.78 is 31.6. The predicted molar refractivity (Wildman–Crippen MR) is 88.3 cm³/mol. The van der Waals surface area contributed by atoms with Crippen LogP contribution in [0.5, 0.6) is 0 Å². The number of amides is 1. The van der Waals surface area contributed by atoms with Crippen LogP contribution < -0.4 is 0 Å². The Hall–Kier alpha value is -0.860. The maximum atomic E-state index is 12.6. The summed E-state index contributed by atoms with van der Waals surface area (Å²) in [5, 5.41) is 0.496. The number of ether oxygens (including phenoxy) is 1. The summed E-state index contributed by atoms with van der Waals surface area (Å²) in [6.07, 6.45) is 0. The van der Waals surface area contributed by atoms with Crippen molar-refractivity contribution < 1.29 is 17.9 Å². The average molecular weight is 381 g/mol. The molecular formula is C14H18Cl2N2O4S. The van der Waals surface area contributed by atoms with Gasteiger partial charge in [0.1, 0.15) is 6.61 Å². The number of rotatable bonds is 5. The monoisotopic (exact) mass is 380 g/mol. The van der Waals surface area contributed by atoms with Crippen molar-refractivity contribution in [3.05, 3.63) is 28.2 Å². The zero-order valence-electron chi connectivity index (χ0n) is 12.7. The van der Waals surface area contributed by atoms with Crippen molar-refractivity contribution in [1.29, 1.82) is 0 Å². The zero-order chi connectivity index (χ0) is 17.0. The molecule has 128 valence electrons. The Morgan fingerprint density at radius 1 is 1.17 bits per heavy atom. The molecule has 1 fully saturated rings. The van der Waals surface area contributed by atoms with Crippen LogP contribution >= 0.6 is 23.2 Å². The van der Waals surface area contributed by atoms with E-state index in [9.17, 15) is 13.2 Å². The fourth-order valence-electron chi connectivity index (χ4n) is 2.24. The fourth-order valence-corrected chi connectivity index (χ4v) is 4.06. The van der Waals surface area contributed by atoms with E-state index in [1.807, 2.05) is 6.92 Å². The first-order valence-electron chi connectivity index (χ1n) is 7.17. The number of piperazine rings is 1. The number of nitrogens with zero attached hydrogens (tertiary/aromatic N) is 2. The molecule has 1 aromatic rings. The summed E-state index contributed by atoms with van der Waals surface area (Å²) in [6.45, 7) is 3.46. The Morgan fingerprint density at radius 2 is 1.83 bits per heavy atom. The van der Waals surface area contributed by atoms with Gasteiger partial charge in [-0.25, -0.2) is 8.42 Å². The van der Waals surface area contributed by atoms with Gasteiger partial charge in [-0.2, -0.15) is 4.31 Å². The second-order valence-corrected chi connectivity index (χ2v) is 7.75. The topological polar surface area (TPSA) is 66.9 Å². The highest BCUT2D eigenvalue weighted by molar-refractivity contribution is 7.89. The second kappa shape index (κ2) is 7.81. The highest BCUT2D eigenvalue weighted by Gasteiger charge is 2.30. The smallest absolute Gasteiger partial charge is 0.248 e. The fraction of sp³-hybridized carbons (Fsp3) is 0.500. The van der Waals surface area contributed by atoms with Crippen LogP contribution in [0.3, 0.4) is 0 Å². The summed E-state index contributed by atoms with van der Waals surface area (Å²) >= 11 is 11.7. The van der Waals surface area contributed by atoms with Crippen LogP contribution in [0, 0.1) is 0 Å². The van der Waals surface area contributed by atoms with Gasteiger partial charge in [0.25, 0.3) is 0 Å². The SMILES string of the molecule is CCOCC(=O)N1CCN(S(=O)(=O)c2ccc(Cl)c(Cl)c2)CC1. The number of halogens is 2. The lowest BCUT2D eigenvalue weighted by Crippen LogP contribution is -2.51. The number of hydrogen-bond acceptors (Lipinski definition) is 4. The molecule has 23 heavy (non-hydrogen) atoms. The molecule has 0 aromatic heterocycles. The Kier molecular flexibility index (Phi) is 6.27. The first-order chi connectivity index (χ1) is 10.9. The van der Waals surface area contributed by atoms with Gasteiger partial charge in [-0.3, -0.25) is 4.79 Å². The van der Waals surface area contributed by atoms with Crippen LogP contribution in [-0.4, -0.2) is 62.9 Å². The molecule has 0 atom stereocenters. The standard InChI is InChI=1S/C14H18Cl2N2O4S/c1-2-22-10-14(19)17-5-7-18(8-6-17)23(20,21)11-3-4-12(15)13(16)9-11/h3-4,9H,2,5-8,10H2,1H3. The van der Waals surface area contributed by atoms with Gasteiger partial charge in [-0.15, -0.1) is 0 Å². The second-order valence-electron chi connectivity index (χ2n) is 5.00. The van der Waals surface area contributed by atoms with Crippen LogP contribution in [-0.2, 0) is 19.6 Å². The Labute approximate surface area is 146 Å². The van der Waals surface area contributed by atoms with Gasteiger partial charge < -0.3 is 9.64 Å². The van der Waals surface area contributed by atoms with Crippen LogP contribution in [0.15, 0.2) is 23.1 Å². The van der Waals surface area contributed by atoms with Crippen molar-refractivity contribution in [2.24, 2.45) is 0 Å². The van der Waals surface area contributed by atoms with Crippen LogP contribution in [0.4, 0.5) is 0 Å². The summed E-state index contributed by atoms with van der Waals surface area (Å²) in [5.41, 5.74) is 0. The highest BCUT2D eigenvalue weighted by Crippen LogP contribution is 2.27. The van der Waals surface area contributed by atoms with E-state index in [0.717, 1.165) is 0 Å². The van der Waals surface area contributed by atoms with Crippen molar-refractivity contribution in [3.63, 3.8) is 0 Å². The molecule has 1 aliphatic heterocycles. The lowest BCUT2D eigenvalue weighted by Gasteiger charge is -2.34. The molecule has 1 aromatic carbocycles. The first kappa shape index (κ1) is 18.5. The quantitative estimate of drug-likeness (QED) is 0.781. The lowest BCUT2D eigenvalue weighted by molar-refractivity contribution is -0.137. The van der Waals surface area contributed by atoms with E-state index in [2.05, 4.69) is 0 Å². The van der Waals surface area contributed by atoms with Crippen LogP contribution in [0.25, 0.3) is 0 Å². The summed E-state index contributed by atoms with van der Waals surface area (Å²) in [5.74, 6) is -0.126. The third-order valence-corrected chi connectivity index (χ3v) is 6.18. The van der Waals surface area contributed by atoms with Crippen LogP contribution in [0.1, 0.15) is 6.92 Å². The minimum atomic E-state index is -3.65. The molecule has 0 N–H and O–H groups in total. The Bertz CT molecular complexity index is 673. The molecular weight excluding hydrogens is 363 g/mol. The number of carbonyl (C=O) groups is 1. The van der Waals surface area contributed by atoms with E-state index in [4.69, 9.17) is 27.9 Å². The minimum Gasteiger partial charge on any atom is -0.372 e. The van der Waals surface area contributed by atoms with E-state index in [-0.39, 0.29) is 35.5 Å². The van der Waals surface area contributed by atoms with Gasteiger partial charge in [-0.05, 0) is 25.1 Å². The molecule has 0 spiro atoms. The molecule has 1 aliphatic rings. The third kappa shape index (κ3) is 4.36. The van der Waals surface area contributed by atoms with Crippen LogP contribution in [0.2, 0.25) is 10.0 Å². The zero-order valence-corrected chi connectivity index (χ0v) is 15.0. The maximum absolute atomic E-state index is 12.6. The van der Waals surface area contributed by atoms with Crippen molar-refractivity contribution in [1.82, 2.24) is 9.21 Å². The lowest BCUT2D eigenvalue weighted by atomic mass is 10.3. The van der Waals surface area contributed by atoms with E-state index in [1.54, 1.807) is 4.90 Å². The number of sulfonamides is 1. The molecule has 6 nitrogen and oxygen atoms in total. The largest absolute Gasteiger partial charge is 0.372 e. The molecule has 1 saturated heterocycles. The highest BCUT2D eigenvalue weighted by atomic mass is 35.5. The number of carbonyl (C=O) groups excluding carboxylic acids is 1. The van der Waals surface area contributed by atoms with Gasteiger partial charge in [0.05, 0.1) is 14.9 Å². The predicted octanol–water partition coefficient (Wildman–Crippen LogP) is 1.86. The molecule has 0 bridgehead atoms. The number of benzene rings is 1. The Morgan fingerprint density at radius 3 is 2.39 bits per heavy atom. The van der Waals surface area contributed by atoms with Gasteiger partial charge >= 0.3 is 0 Å². The first-order valence-corrected chi connectivity index (χ1v) is 9.36. The van der Waals surface area contributed by atoms with E-state index in [1.165, 1.54) is 22.5 Å². The van der Waals surface area contributed by atoms with Gasteiger partial charge in [0.2, 0.25) is 15.9 Å². The summed E-state index contributed by atoms with van der Waals surface area (Å²) in [4.78, 5) is 13.6. The summed E-state index contributed by atoms with van der Waals surface area (Å²) in [6, 6.07) is 4.22. The van der Waals surface area contributed by atoms with Gasteiger partial charge in [-0.1, -0.05) is 23.2 Å². The normalized spacial score (nSPS) is 16.6. The average Bonchev–Trinajstić information content (AvgIpc) is 2.55. The molecule has 2 rings (SSSR count). The molecule has 1 heterocycles. The Balaban J connectivity index is 2.03. The summed E-state index contributed by atoms with van der Waals surface area (Å²) in [7, 11) is -3.65. The number of hydrogen-bond donors (Lipinski definition) is 0. The molecule has 0 unspecified atom stereocenters. The maximum Gasteiger partial charge on any atom is 0.248 e. The van der Waals surface area contributed by atoms with Crippen molar-refractivity contribution in [3.8, 4) is 0 Å². The van der Waals surface area contributed by atoms with E-state index in [0.29, 0.717) is 24.7 Å².